The highest BCUT2D eigenvalue weighted by Crippen LogP contribution is 2.24. The summed E-state index contributed by atoms with van der Waals surface area (Å²) in [6.45, 7) is 1.10. The average Bonchev–Trinajstić information content (AvgIpc) is 2.87. The minimum Gasteiger partial charge on any atom is -0.320 e. The third-order valence-electron chi connectivity index (χ3n) is 3.71. The van der Waals surface area contributed by atoms with Crippen LogP contribution in [0.3, 0.4) is 0 Å². The zero-order chi connectivity index (χ0) is 13.5. The maximum Gasteiger partial charge on any atom is 0.123 e. The molecule has 0 aliphatic carbocycles. The fourth-order valence-corrected chi connectivity index (χ4v) is 2.62. The maximum absolute atomic E-state index is 13.2. The molecule has 1 aromatic rings. The molecule has 19 heavy (non-hydrogen) atoms. The van der Waals surface area contributed by atoms with Gasteiger partial charge in [-0.05, 0) is 50.6 Å². The zero-order valence-electron chi connectivity index (χ0n) is 11.6. The van der Waals surface area contributed by atoms with E-state index in [4.69, 9.17) is 0 Å². The van der Waals surface area contributed by atoms with E-state index < -0.39 is 0 Å². The molecule has 0 amide bonds. The Morgan fingerprint density at radius 2 is 2.16 bits per heavy atom. The molecule has 2 atom stereocenters. The van der Waals surface area contributed by atoms with Gasteiger partial charge in [0.2, 0.25) is 0 Å². The van der Waals surface area contributed by atoms with E-state index in [2.05, 4.69) is 16.2 Å². The van der Waals surface area contributed by atoms with Gasteiger partial charge in [-0.2, -0.15) is 0 Å². The van der Waals surface area contributed by atoms with Crippen molar-refractivity contribution < 1.29 is 4.39 Å². The molecule has 1 heterocycles. The lowest BCUT2D eigenvalue weighted by molar-refractivity contribution is 0.486. The molecule has 0 bridgehead atoms. The number of unbranched alkanes of at least 4 members (excludes halogenated alkanes) is 2. The summed E-state index contributed by atoms with van der Waals surface area (Å²) in [7, 11) is 1.99. The van der Waals surface area contributed by atoms with Crippen LogP contribution in [0.25, 0.3) is 0 Å². The summed E-state index contributed by atoms with van der Waals surface area (Å²) in [4.78, 5) is 0. The van der Waals surface area contributed by atoms with Gasteiger partial charge in [0.25, 0.3) is 0 Å². The Bertz CT molecular complexity index is 383. The largest absolute Gasteiger partial charge is 0.320 e. The molecule has 1 aliphatic heterocycles. The van der Waals surface area contributed by atoms with E-state index in [0.717, 1.165) is 18.5 Å². The first kappa shape index (κ1) is 14.4. The fraction of sp³-hybridized carbons (Fsp3) is 0.600. The van der Waals surface area contributed by atoms with Crippen molar-refractivity contribution in [3.63, 3.8) is 0 Å². The number of halogens is 1. The van der Waals surface area contributed by atoms with Crippen molar-refractivity contribution in [1.82, 2.24) is 16.2 Å². The number of benzene rings is 1. The molecule has 0 spiro atoms. The van der Waals surface area contributed by atoms with Crippen LogP contribution in [0.5, 0.6) is 0 Å². The van der Waals surface area contributed by atoms with E-state index >= 15 is 0 Å². The Kier molecular flexibility index (Phi) is 5.76. The molecule has 3 N–H and O–H groups in total. The summed E-state index contributed by atoms with van der Waals surface area (Å²) in [6, 6.07) is 7.61. The van der Waals surface area contributed by atoms with Crippen molar-refractivity contribution >= 4 is 0 Å². The number of rotatable bonds is 7. The molecule has 4 heteroatoms. The quantitative estimate of drug-likeness (QED) is 0.663. The topological polar surface area (TPSA) is 36.1 Å². The molecule has 2 rings (SSSR count). The number of hydrogen-bond acceptors (Lipinski definition) is 3. The molecule has 2 unspecified atom stereocenters. The molecule has 3 nitrogen and oxygen atoms in total. The first-order chi connectivity index (χ1) is 9.29. The Morgan fingerprint density at radius 3 is 2.95 bits per heavy atom. The maximum atomic E-state index is 13.2. The van der Waals surface area contributed by atoms with Crippen LogP contribution in [0.2, 0.25) is 0 Å². The van der Waals surface area contributed by atoms with Gasteiger partial charge < -0.3 is 5.32 Å². The molecular weight excluding hydrogens is 241 g/mol. The van der Waals surface area contributed by atoms with Gasteiger partial charge in [-0.3, -0.25) is 10.9 Å². The molecule has 1 saturated heterocycles. The monoisotopic (exact) mass is 265 g/mol. The minimum absolute atomic E-state index is 0.158. The van der Waals surface area contributed by atoms with E-state index in [1.807, 2.05) is 13.1 Å². The van der Waals surface area contributed by atoms with Gasteiger partial charge in [0.05, 0.1) is 0 Å². The molecular formula is C15H24FN3. The number of nitrogens with one attached hydrogen (secondary N) is 3. The first-order valence-corrected chi connectivity index (χ1v) is 7.20. The Hall–Kier alpha value is -0.970. The number of hydrazine groups is 1. The molecule has 1 fully saturated rings. The van der Waals surface area contributed by atoms with Crippen LogP contribution in [0.4, 0.5) is 4.39 Å². The molecule has 1 aliphatic rings. The summed E-state index contributed by atoms with van der Waals surface area (Å²) in [5.74, 6) is -0.158. The van der Waals surface area contributed by atoms with Crippen molar-refractivity contribution in [1.29, 1.82) is 0 Å². The van der Waals surface area contributed by atoms with E-state index in [-0.39, 0.29) is 11.9 Å². The van der Waals surface area contributed by atoms with Gasteiger partial charge in [0.15, 0.2) is 0 Å². The molecule has 106 valence electrons. The lowest BCUT2D eigenvalue weighted by atomic mass is 9.99. The van der Waals surface area contributed by atoms with Gasteiger partial charge in [0, 0.05) is 12.1 Å². The highest BCUT2D eigenvalue weighted by molar-refractivity contribution is 5.21. The highest BCUT2D eigenvalue weighted by atomic mass is 19.1. The fourth-order valence-electron chi connectivity index (χ4n) is 2.62. The second-order valence-corrected chi connectivity index (χ2v) is 5.28. The third kappa shape index (κ3) is 4.56. The van der Waals surface area contributed by atoms with E-state index in [0.29, 0.717) is 6.04 Å². The summed E-state index contributed by atoms with van der Waals surface area (Å²) >= 11 is 0. The van der Waals surface area contributed by atoms with E-state index in [1.165, 1.54) is 31.7 Å². The van der Waals surface area contributed by atoms with Crippen LogP contribution in [0.1, 0.15) is 43.7 Å². The van der Waals surface area contributed by atoms with E-state index in [1.54, 1.807) is 12.1 Å². The van der Waals surface area contributed by atoms with Crippen molar-refractivity contribution in [2.75, 3.05) is 13.6 Å². The van der Waals surface area contributed by atoms with Gasteiger partial charge >= 0.3 is 0 Å². The lowest BCUT2D eigenvalue weighted by Gasteiger charge is -2.10. The summed E-state index contributed by atoms with van der Waals surface area (Å²) in [6.07, 6.45) is 5.97. The standard InChI is InChI=1S/C15H24FN3/c1-17-9-4-2-3-8-14-11-15(19-18-14)12-6-5-7-13(16)10-12/h5-7,10,14-15,17-19H,2-4,8-9,11H2,1H3. The van der Waals surface area contributed by atoms with Crippen LogP contribution in [-0.4, -0.2) is 19.6 Å². The van der Waals surface area contributed by atoms with Gasteiger partial charge in [-0.25, -0.2) is 4.39 Å². The van der Waals surface area contributed by atoms with Crippen LogP contribution in [0, 0.1) is 5.82 Å². The second-order valence-electron chi connectivity index (χ2n) is 5.28. The highest BCUT2D eigenvalue weighted by Gasteiger charge is 2.24. The Morgan fingerprint density at radius 1 is 1.26 bits per heavy atom. The van der Waals surface area contributed by atoms with Crippen LogP contribution in [0.15, 0.2) is 24.3 Å². The van der Waals surface area contributed by atoms with E-state index in [9.17, 15) is 4.39 Å². The van der Waals surface area contributed by atoms with Crippen molar-refractivity contribution in [3.05, 3.63) is 35.6 Å². The number of hydrogen-bond donors (Lipinski definition) is 3. The Balaban J connectivity index is 1.71. The van der Waals surface area contributed by atoms with Crippen LogP contribution >= 0.6 is 0 Å². The van der Waals surface area contributed by atoms with Gasteiger partial charge in [0.1, 0.15) is 5.82 Å². The average molecular weight is 265 g/mol. The molecule has 0 aromatic heterocycles. The van der Waals surface area contributed by atoms with Crippen molar-refractivity contribution in [2.45, 2.75) is 44.2 Å². The normalized spacial score (nSPS) is 22.8. The van der Waals surface area contributed by atoms with Crippen molar-refractivity contribution in [3.8, 4) is 0 Å². The smallest absolute Gasteiger partial charge is 0.123 e. The SMILES string of the molecule is CNCCCCCC1CC(c2cccc(F)c2)NN1. The lowest BCUT2D eigenvalue weighted by Crippen LogP contribution is -2.30. The zero-order valence-corrected chi connectivity index (χ0v) is 11.6. The minimum atomic E-state index is -0.158. The first-order valence-electron chi connectivity index (χ1n) is 7.20. The summed E-state index contributed by atoms with van der Waals surface area (Å²) in [5, 5.41) is 3.17. The van der Waals surface area contributed by atoms with Gasteiger partial charge in [-0.15, -0.1) is 0 Å². The predicted octanol–water partition coefficient (Wildman–Crippen LogP) is 2.51. The summed E-state index contributed by atoms with van der Waals surface area (Å²) < 4.78 is 13.2. The van der Waals surface area contributed by atoms with Gasteiger partial charge in [-0.1, -0.05) is 25.0 Å². The van der Waals surface area contributed by atoms with Crippen molar-refractivity contribution in [2.24, 2.45) is 0 Å². The third-order valence-corrected chi connectivity index (χ3v) is 3.71. The van der Waals surface area contributed by atoms with Crippen LogP contribution < -0.4 is 16.2 Å². The Labute approximate surface area is 114 Å². The molecule has 0 saturated carbocycles. The molecule has 0 radical (unpaired) electrons. The van der Waals surface area contributed by atoms with Crippen LogP contribution in [-0.2, 0) is 0 Å². The molecule has 1 aromatic carbocycles. The summed E-state index contributed by atoms with van der Waals surface area (Å²) in [5.41, 5.74) is 7.63. The second kappa shape index (κ2) is 7.58. The predicted molar refractivity (Wildman–Crippen MR) is 76.2 cm³/mol.